The van der Waals surface area contributed by atoms with Crippen molar-refractivity contribution in [3.8, 4) is 0 Å². The zero-order valence-electron chi connectivity index (χ0n) is 10.7. The number of benzene rings is 1. The third kappa shape index (κ3) is 1.57. The summed E-state index contributed by atoms with van der Waals surface area (Å²) in [4.78, 5) is 10.5. The van der Waals surface area contributed by atoms with Crippen molar-refractivity contribution >= 4 is 21.4 Å². The number of nitro benzene ring substituents is 1. The Hall–Kier alpha value is -1.70. The van der Waals surface area contributed by atoms with Gasteiger partial charge >= 0.3 is 0 Å². The van der Waals surface area contributed by atoms with Crippen LogP contribution in [0.3, 0.4) is 0 Å². The van der Waals surface area contributed by atoms with Crippen LogP contribution in [-0.4, -0.2) is 32.3 Å². The number of para-hydroxylation sites is 1. The van der Waals surface area contributed by atoms with Crippen LogP contribution in [0.5, 0.6) is 0 Å². The first-order valence-corrected chi connectivity index (χ1v) is 8.02. The monoisotopic (exact) mass is 300 g/mol. The summed E-state index contributed by atoms with van der Waals surface area (Å²) in [5, 5.41) is 11.1. The smallest absolute Gasteiger partial charge is 0.262 e. The van der Waals surface area contributed by atoms with E-state index < -0.39 is 26.5 Å². The second kappa shape index (κ2) is 3.91. The van der Waals surface area contributed by atoms with E-state index in [2.05, 4.69) is 0 Å². The van der Waals surface area contributed by atoms with Gasteiger partial charge in [0, 0.05) is 18.0 Å². The Morgan fingerprint density at radius 1 is 1.50 bits per heavy atom. The Morgan fingerprint density at radius 2 is 2.20 bits per heavy atom. The van der Waals surface area contributed by atoms with E-state index in [4.69, 9.17) is 0 Å². The topological polar surface area (TPSA) is 80.5 Å². The fourth-order valence-corrected chi connectivity index (χ4v) is 4.12. The Morgan fingerprint density at radius 3 is 2.65 bits per heavy atom. The van der Waals surface area contributed by atoms with Gasteiger partial charge in [-0.2, -0.15) is 0 Å². The highest BCUT2D eigenvalue weighted by atomic mass is 32.2. The Balaban J connectivity index is 2.28. The molecule has 0 aromatic heterocycles. The largest absolute Gasteiger partial charge is 0.293 e. The van der Waals surface area contributed by atoms with Gasteiger partial charge in [-0.05, 0) is 18.4 Å². The van der Waals surface area contributed by atoms with Gasteiger partial charge in [0.1, 0.15) is 11.9 Å². The molecule has 1 fully saturated rings. The van der Waals surface area contributed by atoms with Gasteiger partial charge in [0.15, 0.2) is 0 Å². The summed E-state index contributed by atoms with van der Waals surface area (Å²) in [7, 11) is -3.68. The summed E-state index contributed by atoms with van der Waals surface area (Å²) in [6.45, 7) is -0.0484. The van der Waals surface area contributed by atoms with Gasteiger partial charge < -0.3 is 0 Å². The molecule has 1 aliphatic heterocycles. The predicted octanol–water partition coefficient (Wildman–Crippen LogP) is 1.74. The lowest BCUT2D eigenvalue weighted by Gasteiger charge is -2.42. The fourth-order valence-electron chi connectivity index (χ4n) is 3.13. The molecule has 0 bridgehead atoms. The Labute approximate surface area is 115 Å². The minimum Gasteiger partial charge on any atom is -0.262 e. The molecule has 6 nitrogen and oxygen atoms in total. The van der Waals surface area contributed by atoms with E-state index >= 15 is 0 Å². The van der Waals surface area contributed by atoms with Gasteiger partial charge in [-0.25, -0.2) is 12.8 Å². The number of hydrogen-bond acceptors (Lipinski definition) is 4. The van der Waals surface area contributed by atoms with E-state index in [1.807, 2.05) is 0 Å². The summed E-state index contributed by atoms with van der Waals surface area (Å²) in [6, 6.07) is 4.33. The highest BCUT2D eigenvalue weighted by molar-refractivity contribution is 7.92. The minimum atomic E-state index is -3.68. The summed E-state index contributed by atoms with van der Waals surface area (Å²) >= 11 is 0. The van der Waals surface area contributed by atoms with Crippen LogP contribution in [0.1, 0.15) is 18.4 Å². The lowest BCUT2D eigenvalue weighted by molar-refractivity contribution is -0.384. The van der Waals surface area contributed by atoms with Crippen molar-refractivity contribution in [1.82, 2.24) is 0 Å². The quantitative estimate of drug-likeness (QED) is 0.615. The van der Waals surface area contributed by atoms with Gasteiger partial charge in [0.2, 0.25) is 10.0 Å². The summed E-state index contributed by atoms with van der Waals surface area (Å²) in [6.07, 6.45) is 0.696. The maximum Gasteiger partial charge on any atom is 0.293 e. The second-order valence-electron chi connectivity index (χ2n) is 5.36. The summed E-state index contributed by atoms with van der Waals surface area (Å²) in [5.74, 6) is 0. The Kier molecular flexibility index (Phi) is 2.60. The van der Waals surface area contributed by atoms with E-state index in [0.29, 0.717) is 18.4 Å². The molecule has 3 rings (SSSR count). The molecule has 1 aliphatic carbocycles. The van der Waals surface area contributed by atoms with Crippen LogP contribution >= 0.6 is 0 Å². The molecule has 0 amide bonds. The highest BCUT2D eigenvalue weighted by Crippen LogP contribution is 2.56. The standard InChI is InChI=1S/C12H13FN2O4S/c1-20(18,19)14-7-12(6-5-10(12)13)8-3-2-4-9(11(8)14)15(16)17/h2-4,10H,5-7H2,1H3. The lowest BCUT2D eigenvalue weighted by atomic mass is 9.64. The predicted molar refractivity (Wildman–Crippen MR) is 71.1 cm³/mol. The van der Waals surface area contributed by atoms with Crippen molar-refractivity contribution < 1.29 is 17.7 Å². The van der Waals surface area contributed by atoms with Crippen LogP contribution in [0, 0.1) is 10.1 Å². The van der Waals surface area contributed by atoms with Crippen molar-refractivity contribution in [3.63, 3.8) is 0 Å². The summed E-state index contributed by atoms with van der Waals surface area (Å²) < 4.78 is 38.8. The van der Waals surface area contributed by atoms with Gasteiger partial charge in [0.25, 0.3) is 5.69 Å². The van der Waals surface area contributed by atoms with Gasteiger partial charge in [0.05, 0.1) is 11.2 Å². The third-order valence-corrected chi connectivity index (χ3v) is 5.38. The van der Waals surface area contributed by atoms with Crippen molar-refractivity contribution in [1.29, 1.82) is 0 Å². The maximum absolute atomic E-state index is 14.1. The average molecular weight is 300 g/mol. The first-order chi connectivity index (χ1) is 9.27. The third-order valence-electron chi connectivity index (χ3n) is 4.27. The molecule has 0 N–H and O–H groups in total. The van der Waals surface area contributed by atoms with Gasteiger partial charge in [-0.1, -0.05) is 12.1 Å². The van der Waals surface area contributed by atoms with E-state index in [1.165, 1.54) is 12.1 Å². The van der Waals surface area contributed by atoms with Crippen molar-refractivity contribution in [2.24, 2.45) is 0 Å². The first-order valence-electron chi connectivity index (χ1n) is 6.17. The second-order valence-corrected chi connectivity index (χ2v) is 7.27. The van der Waals surface area contributed by atoms with E-state index in [9.17, 15) is 22.9 Å². The molecule has 2 atom stereocenters. The van der Waals surface area contributed by atoms with Crippen LogP contribution in [-0.2, 0) is 15.4 Å². The van der Waals surface area contributed by atoms with Crippen LogP contribution < -0.4 is 4.31 Å². The number of rotatable bonds is 2. The maximum atomic E-state index is 14.1. The highest BCUT2D eigenvalue weighted by Gasteiger charge is 2.58. The van der Waals surface area contributed by atoms with Gasteiger partial charge in [-0.15, -0.1) is 0 Å². The van der Waals surface area contributed by atoms with Crippen molar-refractivity contribution in [2.75, 3.05) is 17.1 Å². The summed E-state index contributed by atoms with van der Waals surface area (Å²) in [5.41, 5.74) is -0.730. The normalized spacial score (nSPS) is 28.3. The molecule has 0 radical (unpaired) electrons. The van der Waals surface area contributed by atoms with Crippen molar-refractivity contribution in [3.05, 3.63) is 33.9 Å². The number of hydrogen-bond donors (Lipinski definition) is 0. The van der Waals surface area contributed by atoms with Crippen LogP contribution in [0.4, 0.5) is 15.8 Å². The first kappa shape index (κ1) is 13.3. The van der Waals surface area contributed by atoms with Crippen LogP contribution in [0.25, 0.3) is 0 Å². The molecule has 1 spiro atoms. The SMILES string of the molecule is CS(=O)(=O)N1CC2(CCC2F)c2cccc([N+](=O)[O-])c21. The number of alkyl halides is 1. The molecule has 1 aromatic rings. The zero-order chi connectivity index (χ0) is 14.7. The number of sulfonamides is 1. The van der Waals surface area contributed by atoms with Crippen LogP contribution in [0.2, 0.25) is 0 Å². The van der Waals surface area contributed by atoms with E-state index in [1.54, 1.807) is 6.07 Å². The minimum absolute atomic E-state index is 0.0300. The lowest BCUT2D eigenvalue weighted by Crippen LogP contribution is -2.50. The van der Waals surface area contributed by atoms with Gasteiger partial charge in [-0.3, -0.25) is 14.4 Å². The number of nitro groups is 1. The van der Waals surface area contributed by atoms with Crippen molar-refractivity contribution in [2.45, 2.75) is 24.4 Å². The number of halogens is 1. The molecule has 108 valence electrons. The number of fused-ring (bicyclic) bond motifs is 2. The molecule has 0 saturated heterocycles. The molecule has 20 heavy (non-hydrogen) atoms. The number of anilines is 1. The molecule has 2 aliphatic rings. The molecule has 1 saturated carbocycles. The number of nitrogens with zero attached hydrogens (tertiary/aromatic N) is 2. The molecule has 1 heterocycles. The van der Waals surface area contributed by atoms with E-state index in [0.717, 1.165) is 10.6 Å². The Bertz CT molecular complexity index is 705. The average Bonchev–Trinajstić information content (AvgIpc) is 2.74. The van der Waals surface area contributed by atoms with E-state index in [-0.39, 0.29) is 17.9 Å². The molecule has 1 aromatic carbocycles. The fraction of sp³-hybridized carbons (Fsp3) is 0.500. The van der Waals surface area contributed by atoms with Crippen LogP contribution in [0.15, 0.2) is 18.2 Å². The zero-order valence-corrected chi connectivity index (χ0v) is 11.6. The molecular weight excluding hydrogens is 287 g/mol. The molecule has 2 unspecified atom stereocenters. The molecule has 8 heteroatoms. The molecular formula is C12H13FN2O4S.